The summed E-state index contributed by atoms with van der Waals surface area (Å²) in [5.41, 5.74) is 0.719. The van der Waals surface area contributed by atoms with Gasteiger partial charge in [0.25, 0.3) is 0 Å². The molecule has 0 aliphatic carbocycles. The van der Waals surface area contributed by atoms with Gasteiger partial charge in [0.15, 0.2) is 11.5 Å². The number of carbonyl (C=O) groups is 1. The molecule has 3 rings (SSSR count). The van der Waals surface area contributed by atoms with Gasteiger partial charge >= 0.3 is 5.97 Å². The third-order valence-electron chi connectivity index (χ3n) is 3.63. The zero-order valence-corrected chi connectivity index (χ0v) is 16.0. The maximum atomic E-state index is 11.8. The molecule has 1 aliphatic rings. The van der Waals surface area contributed by atoms with Crippen molar-refractivity contribution >= 4 is 35.2 Å². The average molecular weight is 409 g/mol. The fourth-order valence-corrected chi connectivity index (χ4v) is 2.87. The van der Waals surface area contributed by atoms with Gasteiger partial charge in [0.05, 0.1) is 18.2 Å². The summed E-state index contributed by atoms with van der Waals surface area (Å²) in [7, 11) is 0. The van der Waals surface area contributed by atoms with Gasteiger partial charge in [0.2, 0.25) is 0 Å². The van der Waals surface area contributed by atoms with Crippen LogP contribution >= 0.6 is 23.2 Å². The van der Waals surface area contributed by atoms with Gasteiger partial charge in [-0.15, -0.1) is 0 Å². The molecule has 0 fully saturated rings. The van der Waals surface area contributed by atoms with E-state index < -0.39 is 5.97 Å². The minimum atomic E-state index is -0.479. The van der Waals surface area contributed by atoms with E-state index in [1.807, 2.05) is 0 Å². The van der Waals surface area contributed by atoms with Crippen LogP contribution in [-0.2, 0) is 9.53 Å². The molecular formula is C20H18Cl2O5. The van der Waals surface area contributed by atoms with Crippen LogP contribution < -0.4 is 14.2 Å². The Morgan fingerprint density at radius 1 is 1.11 bits per heavy atom. The molecule has 0 spiro atoms. The summed E-state index contributed by atoms with van der Waals surface area (Å²) in [5, 5.41) is 1.03. The molecule has 0 bridgehead atoms. The molecule has 0 N–H and O–H groups in total. The van der Waals surface area contributed by atoms with Gasteiger partial charge in [0, 0.05) is 17.5 Å². The van der Waals surface area contributed by atoms with Crippen LogP contribution in [-0.4, -0.2) is 32.4 Å². The molecule has 27 heavy (non-hydrogen) atoms. The molecule has 0 amide bonds. The number of esters is 1. The van der Waals surface area contributed by atoms with E-state index in [1.165, 1.54) is 6.08 Å². The van der Waals surface area contributed by atoms with E-state index in [1.54, 1.807) is 42.5 Å². The Morgan fingerprint density at radius 3 is 2.81 bits per heavy atom. The van der Waals surface area contributed by atoms with Gasteiger partial charge in [-0.3, -0.25) is 0 Å². The van der Waals surface area contributed by atoms with E-state index in [0.717, 1.165) is 12.0 Å². The predicted molar refractivity (Wildman–Crippen MR) is 104 cm³/mol. The zero-order valence-electron chi connectivity index (χ0n) is 14.5. The first-order valence-corrected chi connectivity index (χ1v) is 9.20. The third-order valence-corrected chi connectivity index (χ3v) is 4.14. The third kappa shape index (κ3) is 5.81. The Morgan fingerprint density at radius 2 is 1.96 bits per heavy atom. The Bertz CT molecular complexity index is 835. The quantitative estimate of drug-likeness (QED) is 0.390. The first kappa shape index (κ1) is 19.4. The van der Waals surface area contributed by atoms with Gasteiger partial charge in [-0.05, 0) is 42.0 Å². The van der Waals surface area contributed by atoms with Crippen molar-refractivity contribution in [2.75, 3.05) is 26.4 Å². The number of halogens is 2. The van der Waals surface area contributed by atoms with Crippen molar-refractivity contribution < 1.29 is 23.7 Å². The van der Waals surface area contributed by atoms with Crippen molar-refractivity contribution in [1.29, 1.82) is 0 Å². The lowest BCUT2D eigenvalue weighted by atomic mass is 10.2. The van der Waals surface area contributed by atoms with Crippen LogP contribution in [0.5, 0.6) is 17.2 Å². The summed E-state index contributed by atoms with van der Waals surface area (Å²) in [5.74, 6) is 1.25. The highest BCUT2D eigenvalue weighted by atomic mass is 35.5. The first-order chi connectivity index (χ1) is 13.1. The molecule has 2 aromatic rings. The highest BCUT2D eigenvalue weighted by Crippen LogP contribution is 2.38. The Kier molecular flexibility index (Phi) is 6.85. The number of rotatable bonds is 6. The summed E-state index contributed by atoms with van der Waals surface area (Å²) >= 11 is 12.1. The van der Waals surface area contributed by atoms with E-state index in [4.69, 9.17) is 42.1 Å². The van der Waals surface area contributed by atoms with Crippen LogP contribution in [0.1, 0.15) is 12.0 Å². The van der Waals surface area contributed by atoms with Crippen molar-refractivity contribution in [3.8, 4) is 17.2 Å². The molecule has 0 radical (unpaired) electrons. The smallest absolute Gasteiger partial charge is 0.330 e. The van der Waals surface area contributed by atoms with E-state index in [9.17, 15) is 4.79 Å². The summed E-state index contributed by atoms with van der Waals surface area (Å²) in [6.45, 7) is 1.48. The molecule has 0 saturated carbocycles. The SMILES string of the molecule is O=C(/C=C/c1cc(Cl)c2c(c1)OCCCO2)OCCOc1cccc(Cl)c1. The minimum absolute atomic E-state index is 0.123. The molecule has 0 unspecified atom stereocenters. The van der Waals surface area contributed by atoms with Gasteiger partial charge in [0.1, 0.15) is 19.0 Å². The normalized spacial score (nSPS) is 13.3. The topological polar surface area (TPSA) is 54.0 Å². The summed E-state index contributed by atoms with van der Waals surface area (Å²) in [6.07, 6.45) is 3.73. The summed E-state index contributed by atoms with van der Waals surface area (Å²) < 4.78 is 21.8. The van der Waals surface area contributed by atoms with Gasteiger partial charge in [-0.1, -0.05) is 29.3 Å². The molecule has 1 aliphatic heterocycles. The van der Waals surface area contributed by atoms with E-state index in [0.29, 0.717) is 40.5 Å². The standard InChI is InChI=1S/C20H18Cl2O5/c21-15-3-1-4-16(13-15)24-9-10-26-19(23)6-5-14-11-17(22)20-18(12-14)25-7-2-8-27-20/h1,3-6,11-13H,2,7-10H2/b6-5+. The second-order valence-electron chi connectivity index (χ2n) is 5.69. The Hall–Kier alpha value is -2.37. The predicted octanol–water partition coefficient (Wildman–Crippen LogP) is 4.79. The molecular weight excluding hydrogens is 391 g/mol. The van der Waals surface area contributed by atoms with Crippen molar-refractivity contribution in [2.24, 2.45) is 0 Å². The van der Waals surface area contributed by atoms with E-state index in [-0.39, 0.29) is 13.2 Å². The number of hydrogen-bond donors (Lipinski definition) is 0. The number of ether oxygens (including phenoxy) is 4. The number of carbonyl (C=O) groups excluding carboxylic acids is 1. The molecule has 0 saturated heterocycles. The van der Waals surface area contributed by atoms with Crippen LogP contribution in [0.25, 0.3) is 6.08 Å². The summed E-state index contributed by atoms with van der Waals surface area (Å²) in [6, 6.07) is 10.5. The molecule has 7 heteroatoms. The van der Waals surface area contributed by atoms with Gasteiger partial charge in [-0.2, -0.15) is 0 Å². The molecule has 142 valence electrons. The molecule has 0 aromatic heterocycles. The van der Waals surface area contributed by atoms with Crippen molar-refractivity contribution in [3.05, 3.63) is 58.1 Å². The van der Waals surface area contributed by atoms with Crippen molar-refractivity contribution in [2.45, 2.75) is 6.42 Å². The number of fused-ring (bicyclic) bond motifs is 1. The van der Waals surface area contributed by atoms with Crippen LogP contribution in [0, 0.1) is 0 Å². The summed E-state index contributed by atoms with van der Waals surface area (Å²) in [4.78, 5) is 11.8. The van der Waals surface area contributed by atoms with Gasteiger partial charge < -0.3 is 18.9 Å². The second-order valence-corrected chi connectivity index (χ2v) is 6.53. The lowest BCUT2D eigenvalue weighted by Gasteiger charge is -2.10. The highest BCUT2D eigenvalue weighted by molar-refractivity contribution is 6.32. The second kappa shape index (κ2) is 9.53. The number of hydrogen-bond acceptors (Lipinski definition) is 5. The molecule has 1 heterocycles. The molecule has 5 nitrogen and oxygen atoms in total. The highest BCUT2D eigenvalue weighted by Gasteiger charge is 2.15. The van der Waals surface area contributed by atoms with E-state index in [2.05, 4.69) is 0 Å². The number of benzene rings is 2. The van der Waals surface area contributed by atoms with Crippen LogP contribution in [0.15, 0.2) is 42.5 Å². The monoisotopic (exact) mass is 408 g/mol. The Labute approximate surface area is 167 Å². The maximum Gasteiger partial charge on any atom is 0.330 e. The van der Waals surface area contributed by atoms with Crippen molar-refractivity contribution in [1.82, 2.24) is 0 Å². The lowest BCUT2D eigenvalue weighted by molar-refractivity contribution is -0.138. The fourth-order valence-electron chi connectivity index (χ4n) is 2.42. The van der Waals surface area contributed by atoms with Crippen LogP contribution in [0.4, 0.5) is 0 Å². The zero-order chi connectivity index (χ0) is 19.1. The van der Waals surface area contributed by atoms with Crippen LogP contribution in [0.2, 0.25) is 10.0 Å². The van der Waals surface area contributed by atoms with Gasteiger partial charge in [-0.25, -0.2) is 4.79 Å². The lowest BCUT2D eigenvalue weighted by Crippen LogP contribution is -2.10. The average Bonchev–Trinajstić information content (AvgIpc) is 2.89. The minimum Gasteiger partial charge on any atom is -0.490 e. The first-order valence-electron chi connectivity index (χ1n) is 8.44. The van der Waals surface area contributed by atoms with Crippen molar-refractivity contribution in [3.63, 3.8) is 0 Å². The Balaban J connectivity index is 1.49. The fraction of sp³-hybridized carbons (Fsp3) is 0.250. The molecule has 0 atom stereocenters. The van der Waals surface area contributed by atoms with Crippen LogP contribution in [0.3, 0.4) is 0 Å². The van der Waals surface area contributed by atoms with E-state index >= 15 is 0 Å². The maximum absolute atomic E-state index is 11.8. The largest absolute Gasteiger partial charge is 0.490 e. The molecule has 2 aromatic carbocycles.